The zero-order valence-electron chi connectivity index (χ0n) is 10.2. The zero-order valence-corrected chi connectivity index (χ0v) is 10.2. The normalized spacial score (nSPS) is 36.8. The summed E-state index contributed by atoms with van der Waals surface area (Å²) in [4.78, 5) is 2.73. The SMILES string of the molecule is C1CCN(C2CCOC2)C(CNC2CC2)C1. The molecule has 16 heavy (non-hydrogen) atoms. The molecule has 2 saturated heterocycles. The number of nitrogens with zero attached hydrogens (tertiary/aromatic N) is 1. The topological polar surface area (TPSA) is 24.5 Å². The number of piperidine rings is 1. The van der Waals surface area contributed by atoms with E-state index in [-0.39, 0.29) is 0 Å². The molecule has 0 bridgehead atoms. The van der Waals surface area contributed by atoms with Gasteiger partial charge in [-0.2, -0.15) is 0 Å². The highest BCUT2D eigenvalue weighted by Gasteiger charge is 2.32. The van der Waals surface area contributed by atoms with Crippen LogP contribution in [0.2, 0.25) is 0 Å². The van der Waals surface area contributed by atoms with Gasteiger partial charge in [-0.15, -0.1) is 0 Å². The predicted octanol–water partition coefficient (Wildman–Crippen LogP) is 1.38. The lowest BCUT2D eigenvalue weighted by molar-refractivity contribution is 0.0797. The van der Waals surface area contributed by atoms with Crippen molar-refractivity contribution in [2.75, 3.05) is 26.3 Å². The van der Waals surface area contributed by atoms with E-state index >= 15 is 0 Å². The minimum absolute atomic E-state index is 0.714. The summed E-state index contributed by atoms with van der Waals surface area (Å²) in [5.41, 5.74) is 0. The molecule has 1 saturated carbocycles. The maximum atomic E-state index is 5.53. The van der Waals surface area contributed by atoms with Crippen LogP contribution in [0.3, 0.4) is 0 Å². The maximum absolute atomic E-state index is 5.53. The minimum Gasteiger partial charge on any atom is -0.380 e. The van der Waals surface area contributed by atoms with Gasteiger partial charge in [0.15, 0.2) is 0 Å². The van der Waals surface area contributed by atoms with Crippen LogP contribution in [0.1, 0.15) is 38.5 Å². The highest BCUT2D eigenvalue weighted by molar-refractivity contribution is 4.89. The summed E-state index contributed by atoms with van der Waals surface area (Å²) in [6.45, 7) is 4.45. The Balaban J connectivity index is 1.53. The van der Waals surface area contributed by atoms with Crippen LogP contribution in [-0.4, -0.2) is 49.3 Å². The zero-order chi connectivity index (χ0) is 10.8. The average Bonchev–Trinajstić information content (AvgIpc) is 3.00. The van der Waals surface area contributed by atoms with Crippen molar-refractivity contribution in [3.8, 4) is 0 Å². The summed E-state index contributed by atoms with van der Waals surface area (Å²) >= 11 is 0. The van der Waals surface area contributed by atoms with Crippen molar-refractivity contribution in [3.63, 3.8) is 0 Å². The van der Waals surface area contributed by atoms with E-state index in [1.165, 1.54) is 51.6 Å². The molecule has 1 N–H and O–H groups in total. The molecule has 0 spiro atoms. The molecule has 3 heteroatoms. The number of rotatable bonds is 4. The summed E-state index contributed by atoms with van der Waals surface area (Å²) in [6, 6.07) is 2.34. The van der Waals surface area contributed by atoms with E-state index in [1.54, 1.807) is 0 Å². The number of likely N-dealkylation sites (tertiary alicyclic amines) is 1. The molecule has 3 aliphatic rings. The molecule has 0 amide bonds. The van der Waals surface area contributed by atoms with Crippen molar-refractivity contribution in [2.24, 2.45) is 0 Å². The molecule has 3 rings (SSSR count). The summed E-state index contributed by atoms with van der Waals surface area (Å²) in [5.74, 6) is 0. The lowest BCUT2D eigenvalue weighted by atomic mass is 9.99. The van der Waals surface area contributed by atoms with Crippen LogP contribution in [0.5, 0.6) is 0 Å². The first kappa shape index (κ1) is 11.0. The number of ether oxygens (including phenoxy) is 1. The molecule has 1 aliphatic carbocycles. The van der Waals surface area contributed by atoms with Crippen molar-refractivity contribution in [1.82, 2.24) is 10.2 Å². The Hall–Kier alpha value is -0.120. The Labute approximate surface area is 98.5 Å². The van der Waals surface area contributed by atoms with E-state index in [9.17, 15) is 0 Å². The molecular weight excluding hydrogens is 200 g/mol. The van der Waals surface area contributed by atoms with E-state index in [0.717, 1.165) is 25.3 Å². The second kappa shape index (κ2) is 5.03. The van der Waals surface area contributed by atoms with Crippen molar-refractivity contribution in [2.45, 2.75) is 56.7 Å². The van der Waals surface area contributed by atoms with Gasteiger partial charge >= 0.3 is 0 Å². The quantitative estimate of drug-likeness (QED) is 0.781. The van der Waals surface area contributed by atoms with Gasteiger partial charge in [-0.1, -0.05) is 6.42 Å². The Kier molecular flexibility index (Phi) is 3.46. The van der Waals surface area contributed by atoms with E-state index in [2.05, 4.69) is 10.2 Å². The van der Waals surface area contributed by atoms with Crippen LogP contribution in [0.25, 0.3) is 0 Å². The molecule has 3 nitrogen and oxygen atoms in total. The summed E-state index contributed by atoms with van der Waals surface area (Å²) in [5, 5.41) is 3.70. The van der Waals surface area contributed by atoms with E-state index in [1.807, 2.05) is 0 Å². The van der Waals surface area contributed by atoms with E-state index < -0.39 is 0 Å². The first-order chi connectivity index (χ1) is 7.93. The van der Waals surface area contributed by atoms with Gasteiger partial charge < -0.3 is 10.1 Å². The third-order valence-electron chi connectivity index (χ3n) is 4.27. The smallest absolute Gasteiger partial charge is 0.0622 e. The lowest BCUT2D eigenvalue weighted by Crippen LogP contribution is -2.51. The molecule has 2 atom stereocenters. The Morgan fingerprint density at radius 3 is 2.81 bits per heavy atom. The minimum atomic E-state index is 0.714. The fourth-order valence-corrected chi connectivity index (χ4v) is 3.10. The van der Waals surface area contributed by atoms with Gasteiger partial charge in [-0.3, -0.25) is 4.90 Å². The summed E-state index contributed by atoms with van der Waals surface area (Å²) < 4.78 is 5.53. The van der Waals surface area contributed by atoms with Gasteiger partial charge in [-0.05, 0) is 38.6 Å². The van der Waals surface area contributed by atoms with Gasteiger partial charge in [-0.25, -0.2) is 0 Å². The Morgan fingerprint density at radius 2 is 2.06 bits per heavy atom. The second-order valence-corrected chi connectivity index (χ2v) is 5.59. The maximum Gasteiger partial charge on any atom is 0.0622 e. The molecule has 0 aromatic carbocycles. The number of hydrogen-bond donors (Lipinski definition) is 1. The van der Waals surface area contributed by atoms with E-state index in [4.69, 9.17) is 4.74 Å². The monoisotopic (exact) mass is 224 g/mol. The van der Waals surface area contributed by atoms with Crippen molar-refractivity contribution < 1.29 is 4.74 Å². The molecular formula is C13H24N2O. The molecule has 0 aromatic heterocycles. The van der Waals surface area contributed by atoms with Crippen LogP contribution in [0, 0.1) is 0 Å². The van der Waals surface area contributed by atoms with Gasteiger partial charge in [0.05, 0.1) is 6.61 Å². The average molecular weight is 224 g/mol. The van der Waals surface area contributed by atoms with Crippen molar-refractivity contribution >= 4 is 0 Å². The summed E-state index contributed by atoms with van der Waals surface area (Å²) in [6.07, 6.45) is 8.24. The third-order valence-corrected chi connectivity index (χ3v) is 4.27. The molecule has 92 valence electrons. The molecule has 0 aromatic rings. The molecule has 3 fully saturated rings. The third kappa shape index (κ3) is 2.58. The first-order valence-electron chi connectivity index (χ1n) is 7.00. The van der Waals surface area contributed by atoms with Gasteiger partial charge in [0.1, 0.15) is 0 Å². The standard InChI is InChI=1S/C13H24N2O/c1-2-7-15(13-6-8-16-10-13)12(3-1)9-14-11-4-5-11/h11-14H,1-10H2. The number of hydrogen-bond acceptors (Lipinski definition) is 3. The van der Waals surface area contributed by atoms with Crippen LogP contribution >= 0.6 is 0 Å². The van der Waals surface area contributed by atoms with E-state index in [0.29, 0.717) is 6.04 Å². The predicted molar refractivity (Wildman–Crippen MR) is 64.6 cm³/mol. The van der Waals surface area contributed by atoms with Gasteiger partial charge in [0, 0.05) is 31.3 Å². The first-order valence-corrected chi connectivity index (χ1v) is 7.00. The van der Waals surface area contributed by atoms with Gasteiger partial charge in [0.2, 0.25) is 0 Å². The molecule has 2 heterocycles. The highest BCUT2D eigenvalue weighted by atomic mass is 16.5. The van der Waals surface area contributed by atoms with Crippen molar-refractivity contribution in [3.05, 3.63) is 0 Å². The fraction of sp³-hybridized carbons (Fsp3) is 1.00. The largest absolute Gasteiger partial charge is 0.380 e. The Morgan fingerprint density at radius 1 is 1.12 bits per heavy atom. The molecule has 2 unspecified atom stereocenters. The Bertz CT molecular complexity index is 224. The lowest BCUT2D eigenvalue weighted by Gasteiger charge is -2.39. The molecule has 0 radical (unpaired) electrons. The van der Waals surface area contributed by atoms with Gasteiger partial charge in [0.25, 0.3) is 0 Å². The van der Waals surface area contributed by atoms with Crippen molar-refractivity contribution in [1.29, 1.82) is 0 Å². The second-order valence-electron chi connectivity index (χ2n) is 5.59. The summed E-state index contributed by atoms with van der Waals surface area (Å²) in [7, 11) is 0. The number of nitrogens with one attached hydrogen (secondary N) is 1. The van der Waals surface area contributed by atoms with Crippen LogP contribution in [0.4, 0.5) is 0 Å². The highest BCUT2D eigenvalue weighted by Crippen LogP contribution is 2.25. The molecule has 2 aliphatic heterocycles. The van der Waals surface area contributed by atoms with Crippen LogP contribution < -0.4 is 5.32 Å². The fourth-order valence-electron chi connectivity index (χ4n) is 3.10. The van der Waals surface area contributed by atoms with Crippen LogP contribution in [-0.2, 0) is 4.74 Å². The van der Waals surface area contributed by atoms with Crippen LogP contribution in [0.15, 0.2) is 0 Å².